The summed E-state index contributed by atoms with van der Waals surface area (Å²) in [6.45, 7) is 1.76. The van der Waals surface area contributed by atoms with E-state index in [0.29, 0.717) is 23.4 Å². The van der Waals surface area contributed by atoms with Crippen LogP contribution in [0.4, 0.5) is 4.39 Å². The van der Waals surface area contributed by atoms with Gasteiger partial charge in [0.1, 0.15) is 5.82 Å². The molecule has 1 amide bonds. The smallest absolute Gasteiger partial charge is 0.303 e. The van der Waals surface area contributed by atoms with Crippen molar-refractivity contribution in [3.63, 3.8) is 0 Å². The Morgan fingerprint density at radius 2 is 2.24 bits per heavy atom. The summed E-state index contributed by atoms with van der Waals surface area (Å²) in [6, 6.07) is 4.27. The third-order valence-electron chi connectivity index (χ3n) is 3.68. The highest BCUT2D eigenvalue weighted by Gasteiger charge is 2.46. The van der Waals surface area contributed by atoms with Gasteiger partial charge in [-0.3, -0.25) is 9.59 Å². The number of carbonyl (C=O) groups is 2. The molecule has 1 aliphatic rings. The van der Waals surface area contributed by atoms with Crippen molar-refractivity contribution in [2.24, 2.45) is 5.92 Å². The lowest BCUT2D eigenvalue weighted by Crippen LogP contribution is -2.34. The Kier molecular flexibility index (Phi) is 4.83. The molecule has 2 N–H and O–H groups in total. The fourth-order valence-electron chi connectivity index (χ4n) is 2.43. The molecule has 1 aliphatic carbocycles. The van der Waals surface area contributed by atoms with Gasteiger partial charge in [0.05, 0.1) is 0 Å². The van der Waals surface area contributed by atoms with Gasteiger partial charge in [-0.1, -0.05) is 17.7 Å². The molecule has 4 nitrogen and oxygen atoms in total. The lowest BCUT2D eigenvalue weighted by Gasteiger charge is -2.13. The van der Waals surface area contributed by atoms with Gasteiger partial charge in [-0.25, -0.2) is 4.39 Å². The van der Waals surface area contributed by atoms with Crippen molar-refractivity contribution in [2.75, 3.05) is 0 Å². The van der Waals surface area contributed by atoms with Gasteiger partial charge < -0.3 is 10.4 Å². The largest absolute Gasteiger partial charge is 0.481 e. The first-order chi connectivity index (χ1) is 9.90. The molecule has 1 saturated carbocycles. The third kappa shape index (κ3) is 3.94. The van der Waals surface area contributed by atoms with Crippen LogP contribution in [0, 0.1) is 11.7 Å². The van der Waals surface area contributed by atoms with Crippen LogP contribution in [0.1, 0.15) is 37.7 Å². The maximum atomic E-state index is 13.8. The maximum absolute atomic E-state index is 13.8. The number of aliphatic carboxylic acids is 1. The Balaban J connectivity index is 1.91. The molecule has 6 heteroatoms. The number of carbonyl (C=O) groups excluding carboxylic acids is 1. The zero-order valence-corrected chi connectivity index (χ0v) is 12.4. The minimum atomic E-state index is -0.890. The van der Waals surface area contributed by atoms with Crippen LogP contribution in [0.3, 0.4) is 0 Å². The molecule has 0 heterocycles. The first-order valence-corrected chi connectivity index (χ1v) is 7.24. The summed E-state index contributed by atoms with van der Waals surface area (Å²) in [6.07, 6.45) is 0.950. The van der Waals surface area contributed by atoms with E-state index in [-0.39, 0.29) is 36.0 Å². The number of benzene rings is 1. The van der Waals surface area contributed by atoms with Gasteiger partial charge >= 0.3 is 5.97 Å². The van der Waals surface area contributed by atoms with Gasteiger partial charge in [0.15, 0.2) is 0 Å². The molecule has 0 bridgehead atoms. The normalized spacial score (nSPS) is 21.7. The third-order valence-corrected chi connectivity index (χ3v) is 4.01. The van der Waals surface area contributed by atoms with E-state index in [1.807, 2.05) is 0 Å². The number of nitrogens with one attached hydrogen (secondary N) is 1. The van der Waals surface area contributed by atoms with E-state index in [0.717, 1.165) is 0 Å². The summed E-state index contributed by atoms with van der Waals surface area (Å²) in [5, 5.41) is 11.7. The molecular formula is C15H17ClFNO3. The average molecular weight is 314 g/mol. The van der Waals surface area contributed by atoms with E-state index >= 15 is 0 Å². The predicted molar refractivity (Wildman–Crippen MR) is 76.7 cm³/mol. The second-order valence-corrected chi connectivity index (χ2v) is 5.83. The van der Waals surface area contributed by atoms with Crippen molar-refractivity contribution in [2.45, 2.75) is 38.1 Å². The number of hydrogen-bond donors (Lipinski definition) is 2. The van der Waals surface area contributed by atoms with Crippen molar-refractivity contribution in [3.05, 3.63) is 34.6 Å². The number of halogens is 2. The highest BCUT2D eigenvalue weighted by atomic mass is 35.5. The first-order valence-electron chi connectivity index (χ1n) is 6.86. The highest BCUT2D eigenvalue weighted by Crippen LogP contribution is 2.50. The lowest BCUT2D eigenvalue weighted by atomic mass is 10.1. The topological polar surface area (TPSA) is 66.4 Å². The first kappa shape index (κ1) is 15.8. The lowest BCUT2D eigenvalue weighted by molar-refractivity contribution is -0.137. The van der Waals surface area contributed by atoms with Gasteiger partial charge in [0.2, 0.25) is 5.91 Å². The molecular weight excluding hydrogens is 297 g/mol. The van der Waals surface area contributed by atoms with Crippen LogP contribution in [0.15, 0.2) is 18.2 Å². The number of rotatable bonds is 6. The summed E-state index contributed by atoms with van der Waals surface area (Å²) < 4.78 is 13.8. The summed E-state index contributed by atoms with van der Waals surface area (Å²) in [5.41, 5.74) is 0.400. The molecule has 2 rings (SSSR count). The Hall–Kier alpha value is -1.62. The van der Waals surface area contributed by atoms with Crippen LogP contribution in [0.25, 0.3) is 0 Å². The molecule has 1 fully saturated rings. The second-order valence-electron chi connectivity index (χ2n) is 5.43. The molecule has 0 spiro atoms. The molecule has 1 aromatic rings. The van der Waals surface area contributed by atoms with Crippen molar-refractivity contribution >= 4 is 23.5 Å². The predicted octanol–water partition coefficient (Wildman–Crippen LogP) is 2.95. The van der Waals surface area contributed by atoms with Crippen LogP contribution in [-0.4, -0.2) is 23.0 Å². The van der Waals surface area contributed by atoms with E-state index in [9.17, 15) is 14.0 Å². The molecule has 0 aromatic heterocycles. The molecule has 21 heavy (non-hydrogen) atoms. The Morgan fingerprint density at radius 1 is 1.52 bits per heavy atom. The summed E-state index contributed by atoms with van der Waals surface area (Å²) >= 11 is 5.99. The summed E-state index contributed by atoms with van der Waals surface area (Å²) in [5.74, 6) is -1.92. The fourth-order valence-corrected chi connectivity index (χ4v) is 2.73. The average Bonchev–Trinajstić information content (AvgIpc) is 3.16. The molecule has 114 valence electrons. The Morgan fingerprint density at radius 3 is 2.86 bits per heavy atom. The second kappa shape index (κ2) is 6.43. The van der Waals surface area contributed by atoms with E-state index < -0.39 is 5.97 Å². The zero-order valence-electron chi connectivity index (χ0n) is 11.6. The van der Waals surface area contributed by atoms with E-state index in [1.54, 1.807) is 13.0 Å². The number of carboxylic acids is 1. The van der Waals surface area contributed by atoms with E-state index in [1.165, 1.54) is 12.1 Å². The Bertz CT molecular complexity index is 544. The minimum Gasteiger partial charge on any atom is -0.481 e. The fraction of sp³-hybridized carbons (Fsp3) is 0.467. The number of hydrogen-bond acceptors (Lipinski definition) is 2. The van der Waals surface area contributed by atoms with Crippen LogP contribution < -0.4 is 5.32 Å². The SMILES string of the molecule is CC(CCC(=O)O)NC(=O)C1CC1c1c(F)cccc1Cl. The quantitative estimate of drug-likeness (QED) is 0.848. The molecule has 0 saturated heterocycles. The molecule has 3 unspecified atom stereocenters. The molecule has 0 aliphatic heterocycles. The van der Waals surface area contributed by atoms with Crippen molar-refractivity contribution in [3.8, 4) is 0 Å². The zero-order chi connectivity index (χ0) is 15.6. The molecule has 1 aromatic carbocycles. The van der Waals surface area contributed by atoms with Crippen LogP contribution in [-0.2, 0) is 9.59 Å². The highest BCUT2D eigenvalue weighted by molar-refractivity contribution is 6.31. The van der Waals surface area contributed by atoms with E-state index in [2.05, 4.69) is 5.32 Å². The molecule has 3 atom stereocenters. The van der Waals surface area contributed by atoms with Crippen LogP contribution >= 0.6 is 11.6 Å². The molecule has 0 radical (unpaired) electrons. The van der Waals surface area contributed by atoms with Crippen LogP contribution in [0.5, 0.6) is 0 Å². The van der Waals surface area contributed by atoms with Crippen molar-refractivity contribution < 1.29 is 19.1 Å². The monoisotopic (exact) mass is 313 g/mol. The van der Waals surface area contributed by atoms with Crippen molar-refractivity contribution in [1.29, 1.82) is 0 Å². The van der Waals surface area contributed by atoms with Gasteiger partial charge in [-0.05, 0) is 31.9 Å². The van der Waals surface area contributed by atoms with Crippen LogP contribution in [0.2, 0.25) is 5.02 Å². The standard InChI is InChI=1S/C15H17ClFNO3/c1-8(5-6-13(19)20)18-15(21)10-7-9(10)14-11(16)3-2-4-12(14)17/h2-4,8-10H,5-7H2,1H3,(H,18,21)(H,19,20). The maximum Gasteiger partial charge on any atom is 0.303 e. The summed E-state index contributed by atoms with van der Waals surface area (Å²) in [4.78, 5) is 22.5. The minimum absolute atomic E-state index is 0.00861. The van der Waals surface area contributed by atoms with Crippen molar-refractivity contribution in [1.82, 2.24) is 5.32 Å². The van der Waals surface area contributed by atoms with Gasteiger partial charge in [-0.15, -0.1) is 0 Å². The van der Waals surface area contributed by atoms with Gasteiger partial charge in [0, 0.05) is 34.9 Å². The Labute approximate surface area is 127 Å². The van der Waals surface area contributed by atoms with E-state index in [4.69, 9.17) is 16.7 Å². The summed E-state index contributed by atoms with van der Waals surface area (Å²) in [7, 11) is 0. The van der Waals surface area contributed by atoms with Gasteiger partial charge in [-0.2, -0.15) is 0 Å². The van der Waals surface area contributed by atoms with Gasteiger partial charge in [0.25, 0.3) is 0 Å². The number of carboxylic acid groups (broad SMARTS) is 1. The number of amides is 1.